The summed E-state index contributed by atoms with van der Waals surface area (Å²) in [4.78, 5) is 12.1. The zero-order chi connectivity index (χ0) is 14.8. The molecule has 0 radical (unpaired) electrons. The lowest BCUT2D eigenvalue weighted by Crippen LogP contribution is -2.51. The first-order valence-electron chi connectivity index (χ1n) is 6.50. The maximum absolute atomic E-state index is 12.0. The second-order valence-electron chi connectivity index (χ2n) is 5.24. The largest absolute Gasteiger partial charge is 0.350 e. The van der Waals surface area contributed by atoms with Crippen LogP contribution in [0.4, 0.5) is 0 Å². The molecule has 1 saturated carbocycles. The van der Waals surface area contributed by atoms with E-state index in [-0.39, 0.29) is 17.3 Å². The molecular formula is C13H19N3O3S. The van der Waals surface area contributed by atoms with Gasteiger partial charge in [-0.2, -0.15) is 0 Å². The highest BCUT2D eigenvalue weighted by Crippen LogP contribution is 2.27. The Morgan fingerprint density at radius 3 is 2.55 bits per heavy atom. The number of benzene rings is 1. The molecule has 1 fully saturated rings. The Bertz CT molecular complexity index is 607. The van der Waals surface area contributed by atoms with Crippen LogP contribution >= 0.6 is 0 Å². The third kappa shape index (κ3) is 3.36. The van der Waals surface area contributed by atoms with E-state index in [0.29, 0.717) is 18.4 Å². The van der Waals surface area contributed by atoms with Crippen molar-refractivity contribution in [1.29, 1.82) is 0 Å². The molecule has 0 bridgehead atoms. The number of hydrogen-bond donors (Lipinski definition) is 3. The van der Waals surface area contributed by atoms with Gasteiger partial charge in [-0.25, -0.2) is 13.6 Å². The highest BCUT2D eigenvalue weighted by atomic mass is 32.2. The van der Waals surface area contributed by atoms with E-state index in [9.17, 15) is 13.2 Å². The predicted octanol–water partition coefficient (Wildman–Crippen LogP) is 0.222. The summed E-state index contributed by atoms with van der Waals surface area (Å²) in [6, 6.07) is 6.19. The summed E-state index contributed by atoms with van der Waals surface area (Å²) in [6.07, 6.45) is 3.31. The van der Waals surface area contributed by atoms with Crippen molar-refractivity contribution in [3.8, 4) is 0 Å². The molecule has 1 aliphatic carbocycles. The number of carbonyl (C=O) groups is 1. The fourth-order valence-electron chi connectivity index (χ4n) is 2.42. The number of hydrogen-bond acceptors (Lipinski definition) is 4. The van der Waals surface area contributed by atoms with E-state index in [2.05, 4.69) is 5.32 Å². The van der Waals surface area contributed by atoms with Crippen LogP contribution in [0.1, 0.15) is 31.2 Å². The first kappa shape index (κ1) is 15.0. The maximum Gasteiger partial charge on any atom is 0.240 e. The summed E-state index contributed by atoms with van der Waals surface area (Å²) in [5.41, 5.74) is 5.93. The molecule has 1 amide bonds. The molecule has 1 aliphatic rings. The number of sulfonamides is 1. The first-order chi connectivity index (χ1) is 9.31. The molecule has 0 saturated heterocycles. The van der Waals surface area contributed by atoms with Gasteiger partial charge in [0.15, 0.2) is 0 Å². The van der Waals surface area contributed by atoms with Crippen molar-refractivity contribution in [2.45, 2.75) is 42.7 Å². The van der Waals surface area contributed by atoms with Crippen LogP contribution in [0.15, 0.2) is 29.2 Å². The molecular weight excluding hydrogens is 278 g/mol. The molecule has 0 heterocycles. The minimum absolute atomic E-state index is 0.0348. The van der Waals surface area contributed by atoms with Gasteiger partial charge in [-0.1, -0.05) is 25.0 Å². The van der Waals surface area contributed by atoms with Crippen LogP contribution < -0.4 is 16.2 Å². The monoisotopic (exact) mass is 297 g/mol. The van der Waals surface area contributed by atoms with Crippen molar-refractivity contribution >= 4 is 15.9 Å². The van der Waals surface area contributed by atoms with Crippen LogP contribution in [0.5, 0.6) is 0 Å². The van der Waals surface area contributed by atoms with Gasteiger partial charge < -0.3 is 11.1 Å². The second kappa shape index (κ2) is 5.51. The maximum atomic E-state index is 12.0. The molecule has 1 aromatic carbocycles. The quantitative estimate of drug-likeness (QED) is 0.737. The van der Waals surface area contributed by atoms with Gasteiger partial charge in [-0.05, 0) is 30.5 Å². The third-order valence-electron chi connectivity index (χ3n) is 3.63. The minimum Gasteiger partial charge on any atom is -0.350 e. The Labute approximate surface area is 118 Å². The highest BCUT2D eigenvalue weighted by molar-refractivity contribution is 7.89. The van der Waals surface area contributed by atoms with Crippen LogP contribution in [0.25, 0.3) is 0 Å². The lowest BCUT2D eigenvalue weighted by atomic mass is 9.98. The van der Waals surface area contributed by atoms with Gasteiger partial charge in [0.2, 0.25) is 15.9 Å². The lowest BCUT2D eigenvalue weighted by molar-refractivity contribution is -0.126. The molecule has 0 aliphatic heterocycles. The normalized spacial score (nSPS) is 17.9. The molecule has 0 unspecified atom stereocenters. The molecule has 110 valence electrons. The van der Waals surface area contributed by atoms with E-state index in [4.69, 9.17) is 10.9 Å². The van der Waals surface area contributed by atoms with Crippen LogP contribution in [0, 0.1) is 0 Å². The number of nitrogens with two attached hydrogens (primary N) is 2. The summed E-state index contributed by atoms with van der Waals surface area (Å²) in [5.74, 6) is -0.184. The number of rotatable bonds is 4. The van der Waals surface area contributed by atoms with E-state index in [1.54, 1.807) is 12.1 Å². The van der Waals surface area contributed by atoms with Crippen molar-refractivity contribution < 1.29 is 13.2 Å². The van der Waals surface area contributed by atoms with Crippen LogP contribution in [-0.2, 0) is 21.4 Å². The SMILES string of the molecule is NC1(C(=O)NCc2cccc(S(N)(=O)=O)c2)CCCC1. The van der Waals surface area contributed by atoms with E-state index < -0.39 is 15.6 Å². The van der Waals surface area contributed by atoms with Gasteiger partial charge in [0.25, 0.3) is 0 Å². The molecule has 2 rings (SSSR count). The van der Waals surface area contributed by atoms with E-state index in [1.807, 2.05) is 0 Å². The molecule has 0 aromatic heterocycles. The van der Waals surface area contributed by atoms with Crippen LogP contribution in [-0.4, -0.2) is 19.9 Å². The predicted molar refractivity (Wildman–Crippen MR) is 75.0 cm³/mol. The van der Waals surface area contributed by atoms with Crippen LogP contribution in [0.3, 0.4) is 0 Å². The van der Waals surface area contributed by atoms with Crippen molar-refractivity contribution in [3.05, 3.63) is 29.8 Å². The van der Waals surface area contributed by atoms with Crippen molar-refractivity contribution in [3.63, 3.8) is 0 Å². The fourth-order valence-corrected chi connectivity index (χ4v) is 3.01. The number of amides is 1. The van der Waals surface area contributed by atoms with Gasteiger partial charge in [0.1, 0.15) is 0 Å². The molecule has 0 spiro atoms. The number of nitrogens with one attached hydrogen (secondary N) is 1. The summed E-state index contributed by atoms with van der Waals surface area (Å²) >= 11 is 0. The smallest absolute Gasteiger partial charge is 0.240 e. The van der Waals surface area contributed by atoms with Gasteiger partial charge in [-0.3, -0.25) is 4.79 Å². The minimum atomic E-state index is -3.73. The Hall–Kier alpha value is -1.44. The van der Waals surface area contributed by atoms with Crippen molar-refractivity contribution in [2.75, 3.05) is 0 Å². The first-order valence-corrected chi connectivity index (χ1v) is 8.05. The van der Waals surface area contributed by atoms with Gasteiger partial charge in [-0.15, -0.1) is 0 Å². The molecule has 20 heavy (non-hydrogen) atoms. The Balaban J connectivity index is 2.03. The highest BCUT2D eigenvalue weighted by Gasteiger charge is 2.36. The molecule has 7 heteroatoms. The third-order valence-corrected chi connectivity index (χ3v) is 4.54. The summed E-state index contributed by atoms with van der Waals surface area (Å²) in [6.45, 7) is 0.237. The average Bonchev–Trinajstić information content (AvgIpc) is 2.83. The van der Waals surface area contributed by atoms with E-state index in [1.165, 1.54) is 12.1 Å². The Morgan fingerprint density at radius 2 is 1.95 bits per heavy atom. The summed E-state index contributed by atoms with van der Waals surface area (Å²) in [5, 5.41) is 7.83. The van der Waals surface area contributed by atoms with E-state index >= 15 is 0 Å². The fraction of sp³-hybridized carbons (Fsp3) is 0.462. The van der Waals surface area contributed by atoms with Crippen molar-refractivity contribution in [2.24, 2.45) is 10.9 Å². The zero-order valence-corrected chi connectivity index (χ0v) is 11.9. The summed E-state index contributed by atoms with van der Waals surface area (Å²) < 4.78 is 22.5. The molecule has 0 atom stereocenters. The second-order valence-corrected chi connectivity index (χ2v) is 6.80. The van der Waals surface area contributed by atoms with E-state index in [0.717, 1.165) is 12.8 Å². The molecule has 1 aromatic rings. The van der Waals surface area contributed by atoms with Crippen molar-refractivity contribution in [1.82, 2.24) is 5.32 Å². The lowest BCUT2D eigenvalue weighted by Gasteiger charge is -2.22. The topological polar surface area (TPSA) is 115 Å². The van der Waals surface area contributed by atoms with Gasteiger partial charge in [0, 0.05) is 6.54 Å². The molecule has 5 N–H and O–H groups in total. The van der Waals surface area contributed by atoms with Crippen LogP contribution in [0.2, 0.25) is 0 Å². The zero-order valence-electron chi connectivity index (χ0n) is 11.1. The Kier molecular flexibility index (Phi) is 4.12. The van der Waals surface area contributed by atoms with Gasteiger partial charge >= 0.3 is 0 Å². The standard InChI is InChI=1S/C13H19N3O3S/c14-13(6-1-2-7-13)12(17)16-9-10-4-3-5-11(8-10)20(15,18)19/h3-5,8H,1-2,6-7,9,14H2,(H,16,17)(H2,15,18,19). The number of carbonyl (C=O) groups excluding carboxylic acids is 1. The summed E-state index contributed by atoms with van der Waals surface area (Å²) in [7, 11) is -3.73. The number of primary sulfonamides is 1. The average molecular weight is 297 g/mol. The van der Waals surface area contributed by atoms with Gasteiger partial charge in [0.05, 0.1) is 10.4 Å². The molecule has 6 nitrogen and oxygen atoms in total. The Morgan fingerprint density at radius 1 is 1.30 bits per heavy atom.